The Morgan fingerprint density at radius 3 is 2.42 bits per heavy atom. The summed E-state index contributed by atoms with van der Waals surface area (Å²) in [7, 11) is 4.44. The van der Waals surface area contributed by atoms with Crippen molar-refractivity contribution in [1.29, 1.82) is 0 Å². The lowest BCUT2D eigenvalue weighted by Gasteiger charge is -2.40. The van der Waals surface area contributed by atoms with E-state index in [1.54, 1.807) is 0 Å². The topological polar surface area (TPSA) is 15.3 Å². The van der Waals surface area contributed by atoms with Crippen molar-refractivity contribution >= 4 is 0 Å². The van der Waals surface area contributed by atoms with Gasteiger partial charge in [-0.3, -0.25) is 0 Å². The van der Waals surface area contributed by atoms with Crippen LogP contribution >= 0.6 is 0 Å². The summed E-state index contributed by atoms with van der Waals surface area (Å²) in [5.74, 6) is 3.44. The monoisotopic (exact) mass is 268 g/mol. The highest BCUT2D eigenvalue weighted by Crippen LogP contribution is 2.34. The summed E-state index contributed by atoms with van der Waals surface area (Å²) in [6, 6.07) is 0.731. The predicted molar refractivity (Wildman–Crippen MR) is 85.5 cm³/mol. The molecule has 0 aromatic heterocycles. The van der Waals surface area contributed by atoms with Gasteiger partial charge in [0.05, 0.1) is 0 Å². The quantitative estimate of drug-likeness (QED) is 0.758. The second-order valence-corrected chi connectivity index (χ2v) is 7.21. The molecule has 0 heterocycles. The average molecular weight is 268 g/mol. The lowest BCUT2D eigenvalue weighted by molar-refractivity contribution is 0.129. The van der Waals surface area contributed by atoms with Crippen LogP contribution in [0.2, 0.25) is 0 Å². The molecule has 0 aromatic rings. The maximum Gasteiger partial charge on any atom is 0.0105 e. The van der Waals surface area contributed by atoms with Gasteiger partial charge in [0.25, 0.3) is 0 Å². The van der Waals surface area contributed by atoms with Crippen LogP contribution in [0.1, 0.15) is 53.4 Å². The van der Waals surface area contributed by atoms with E-state index in [-0.39, 0.29) is 0 Å². The molecule has 2 heteroatoms. The molecule has 19 heavy (non-hydrogen) atoms. The van der Waals surface area contributed by atoms with Crippen LogP contribution in [0, 0.1) is 23.7 Å². The Morgan fingerprint density at radius 1 is 1.21 bits per heavy atom. The van der Waals surface area contributed by atoms with Crippen molar-refractivity contribution in [3.8, 4) is 0 Å². The van der Waals surface area contributed by atoms with Gasteiger partial charge in [-0.05, 0) is 57.0 Å². The standard InChI is InChI=1S/C17H36N2/c1-7-14(4)11-19(6)12-16-10-15(13(2)3)8-9-17(16)18-5/h13-18H,7-12H2,1-6H3. The Morgan fingerprint density at radius 2 is 1.89 bits per heavy atom. The van der Waals surface area contributed by atoms with Gasteiger partial charge < -0.3 is 10.2 Å². The zero-order valence-corrected chi connectivity index (χ0v) is 14.1. The van der Waals surface area contributed by atoms with Gasteiger partial charge in [-0.2, -0.15) is 0 Å². The molecular formula is C17H36N2. The van der Waals surface area contributed by atoms with Gasteiger partial charge in [-0.15, -0.1) is 0 Å². The van der Waals surface area contributed by atoms with E-state index >= 15 is 0 Å². The highest BCUT2D eigenvalue weighted by atomic mass is 15.1. The van der Waals surface area contributed by atoms with Gasteiger partial charge in [0, 0.05) is 19.1 Å². The van der Waals surface area contributed by atoms with Gasteiger partial charge in [-0.1, -0.05) is 34.1 Å². The lowest BCUT2D eigenvalue weighted by atomic mass is 9.73. The fourth-order valence-electron chi connectivity index (χ4n) is 3.62. The molecule has 114 valence electrons. The average Bonchev–Trinajstić information content (AvgIpc) is 2.38. The highest BCUT2D eigenvalue weighted by molar-refractivity contribution is 4.86. The van der Waals surface area contributed by atoms with E-state index in [9.17, 15) is 0 Å². The second-order valence-electron chi connectivity index (χ2n) is 7.21. The molecule has 0 aliphatic heterocycles. The first-order valence-corrected chi connectivity index (χ1v) is 8.33. The lowest BCUT2D eigenvalue weighted by Crippen LogP contribution is -2.45. The summed E-state index contributed by atoms with van der Waals surface area (Å²) in [5.41, 5.74) is 0. The first-order chi connectivity index (χ1) is 8.97. The predicted octanol–water partition coefficient (Wildman–Crippen LogP) is 3.62. The van der Waals surface area contributed by atoms with Crippen LogP contribution in [0.5, 0.6) is 0 Å². The zero-order valence-electron chi connectivity index (χ0n) is 14.1. The summed E-state index contributed by atoms with van der Waals surface area (Å²) >= 11 is 0. The molecule has 4 unspecified atom stereocenters. The number of hydrogen-bond donors (Lipinski definition) is 1. The Balaban J connectivity index is 2.50. The van der Waals surface area contributed by atoms with Crippen molar-refractivity contribution in [3.05, 3.63) is 0 Å². The van der Waals surface area contributed by atoms with Crippen molar-refractivity contribution in [2.75, 3.05) is 27.2 Å². The van der Waals surface area contributed by atoms with Crippen molar-refractivity contribution < 1.29 is 0 Å². The Kier molecular flexibility index (Phi) is 7.38. The molecule has 0 spiro atoms. The SMILES string of the molecule is CCC(C)CN(C)CC1CC(C(C)C)CCC1NC. The molecule has 0 bridgehead atoms. The van der Waals surface area contributed by atoms with Crippen LogP contribution in [-0.2, 0) is 0 Å². The minimum atomic E-state index is 0.731. The van der Waals surface area contributed by atoms with Crippen LogP contribution in [0.25, 0.3) is 0 Å². The normalized spacial score (nSPS) is 30.0. The van der Waals surface area contributed by atoms with Crippen molar-refractivity contribution in [2.24, 2.45) is 23.7 Å². The van der Waals surface area contributed by atoms with E-state index in [0.29, 0.717) is 0 Å². The van der Waals surface area contributed by atoms with Gasteiger partial charge in [0.2, 0.25) is 0 Å². The van der Waals surface area contributed by atoms with Crippen LogP contribution in [0.3, 0.4) is 0 Å². The van der Waals surface area contributed by atoms with Crippen LogP contribution in [0.4, 0.5) is 0 Å². The molecule has 1 aliphatic rings. The van der Waals surface area contributed by atoms with E-state index in [0.717, 1.165) is 29.7 Å². The smallest absolute Gasteiger partial charge is 0.0105 e. The minimum absolute atomic E-state index is 0.731. The maximum absolute atomic E-state index is 3.56. The molecular weight excluding hydrogens is 232 g/mol. The van der Waals surface area contributed by atoms with Crippen molar-refractivity contribution in [3.63, 3.8) is 0 Å². The van der Waals surface area contributed by atoms with E-state index in [2.05, 4.69) is 52.0 Å². The Bertz CT molecular complexity index is 239. The third-order valence-electron chi connectivity index (χ3n) is 5.20. The minimum Gasteiger partial charge on any atom is -0.317 e. The summed E-state index contributed by atoms with van der Waals surface area (Å²) in [5, 5.41) is 3.56. The van der Waals surface area contributed by atoms with Crippen molar-refractivity contribution in [1.82, 2.24) is 10.2 Å². The van der Waals surface area contributed by atoms with E-state index in [1.807, 2.05) is 0 Å². The molecule has 2 nitrogen and oxygen atoms in total. The molecule has 1 saturated carbocycles. The van der Waals surface area contributed by atoms with Crippen molar-refractivity contribution in [2.45, 2.75) is 59.4 Å². The maximum atomic E-state index is 3.56. The molecule has 0 saturated heterocycles. The zero-order chi connectivity index (χ0) is 14.4. The fraction of sp³-hybridized carbons (Fsp3) is 1.00. The van der Waals surface area contributed by atoms with Crippen LogP contribution < -0.4 is 5.32 Å². The van der Waals surface area contributed by atoms with Gasteiger partial charge >= 0.3 is 0 Å². The summed E-state index contributed by atoms with van der Waals surface area (Å²) in [6.07, 6.45) is 5.48. The molecule has 1 rings (SSSR count). The molecule has 0 radical (unpaired) electrons. The van der Waals surface area contributed by atoms with Gasteiger partial charge in [-0.25, -0.2) is 0 Å². The van der Waals surface area contributed by atoms with Crippen LogP contribution in [0.15, 0.2) is 0 Å². The first kappa shape index (κ1) is 17.0. The molecule has 1 fully saturated rings. The van der Waals surface area contributed by atoms with E-state index < -0.39 is 0 Å². The third-order valence-corrected chi connectivity index (χ3v) is 5.20. The molecule has 1 aliphatic carbocycles. The third kappa shape index (κ3) is 5.43. The Hall–Kier alpha value is -0.0800. The van der Waals surface area contributed by atoms with E-state index in [1.165, 1.54) is 38.8 Å². The molecule has 0 amide bonds. The summed E-state index contributed by atoms with van der Waals surface area (Å²) in [4.78, 5) is 2.56. The number of nitrogens with zero attached hydrogens (tertiary/aromatic N) is 1. The summed E-state index contributed by atoms with van der Waals surface area (Å²) in [6.45, 7) is 12.0. The van der Waals surface area contributed by atoms with Crippen LogP contribution in [-0.4, -0.2) is 38.1 Å². The van der Waals surface area contributed by atoms with E-state index in [4.69, 9.17) is 0 Å². The largest absolute Gasteiger partial charge is 0.317 e. The summed E-state index contributed by atoms with van der Waals surface area (Å²) < 4.78 is 0. The number of nitrogens with one attached hydrogen (secondary N) is 1. The molecule has 0 aromatic carbocycles. The van der Waals surface area contributed by atoms with Gasteiger partial charge in [0.15, 0.2) is 0 Å². The molecule has 4 atom stereocenters. The van der Waals surface area contributed by atoms with Gasteiger partial charge in [0.1, 0.15) is 0 Å². The highest BCUT2D eigenvalue weighted by Gasteiger charge is 2.31. The molecule has 1 N–H and O–H groups in total. The second kappa shape index (κ2) is 8.26. The number of hydrogen-bond acceptors (Lipinski definition) is 2. The Labute approximate surface area is 121 Å². The fourth-order valence-corrected chi connectivity index (χ4v) is 3.62. The number of rotatable bonds is 7. The first-order valence-electron chi connectivity index (χ1n) is 8.33.